The molecule has 0 amide bonds. The van der Waals surface area contributed by atoms with Gasteiger partial charge in [-0.15, -0.1) is 0 Å². The summed E-state index contributed by atoms with van der Waals surface area (Å²) in [7, 11) is 1.69. The standard InChI is InChI=1S/C15H19N3O2/c1-4-12-13(16)14(18(3)17-12)15(19)20-10(2)11-8-6-5-7-9-11/h5-10H,4,16H2,1-3H3. The van der Waals surface area contributed by atoms with Gasteiger partial charge in [0.2, 0.25) is 0 Å². The van der Waals surface area contributed by atoms with E-state index in [2.05, 4.69) is 5.10 Å². The Kier molecular flexibility index (Phi) is 4.08. The number of nitrogens with zero attached hydrogens (tertiary/aromatic N) is 2. The number of ether oxygens (including phenoxy) is 1. The van der Waals surface area contributed by atoms with Gasteiger partial charge in [0.15, 0.2) is 5.69 Å². The molecule has 0 saturated carbocycles. The quantitative estimate of drug-likeness (QED) is 0.869. The van der Waals surface area contributed by atoms with E-state index >= 15 is 0 Å². The number of rotatable bonds is 4. The molecule has 20 heavy (non-hydrogen) atoms. The summed E-state index contributed by atoms with van der Waals surface area (Å²) in [5.74, 6) is -0.450. The molecule has 0 aliphatic heterocycles. The molecule has 1 heterocycles. The van der Waals surface area contributed by atoms with E-state index in [0.717, 1.165) is 5.56 Å². The van der Waals surface area contributed by atoms with Crippen molar-refractivity contribution in [1.29, 1.82) is 0 Å². The van der Waals surface area contributed by atoms with E-state index in [1.165, 1.54) is 4.68 Å². The smallest absolute Gasteiger partial charge is 0.359 e. The van der Waals surface area contributed by atoms with Crippen LogP contribution in [0.2, 0.25) is 0 Å². The zero-order valence-electron chi connectivity index (χ0n) is 12.0. The number of aryl methyl sites for hydroxylation is 2. The van der Waals surface area contributed by atoms with Gasteiger partial charge in [0, 0.05) is 7.05 Å². The average molecular weight is 273 g/mol. The highest BCUT2D eigenvalue weighted by Crippen LogP contribution is 2.22. The van der Waals surface area contributed by atoms with Crippen molar-refractivity contribution < 1.29 is 9.53 Å². The predicted octanol–water partition coefficient (Wildman–Crippen LogP) is 2.48. The van der Waals surface area contributed by atoms with Gasteiger partial charge in [-0.25, -0.2) is 4.79 Å². The van der Waals surface area contributed by atoms with E-state index < -0.39 is 5.97 Å². The Labute approximate surface area is 118 Å². The van der Waals surface area contributed by atoms with Crippen molar-refractivity contribution in [3.63, 3.8) is 0 Å². The lowest BCUT2D eigenvalue weighted by Gasteiger charge is -2.13. The SMILES string of the molecule is CCc1nn(C)c(C(=O)OC(C)c2ccccc2)c1N. The Bertz CT molecular complexity index is 605. The lowest BCUT2D eigenvalue weighted by molar-refractivity contribution is 0.0326. The number of esters is 1. The van der Waals surface area contributed by atoms with Gasteiger partial charge in [0.25, 0.3) is 0 Å². The largest absolute Gasteiger partial charge is 0.453 e. The second-order valence-electron chi connectivity index (χ2n) is 4.64. The topological polar surface area (TPSA) is 70.1 Å². The maximum absolute atomic E-state index is 12.2. The monoisotopic (exact) mass is 273 g/mol. The van der Waals surface area contributed by atoms with E-state index in [0.29, 0.717) is 23.5 Å². The third-order valence-electron chi connectivity index (χ3n) is 3.24. The van der Waals surface area contributed by atoms with Crippen LogP contribution in [-0.2, 0) is 18.2 Å². The van der Waals surface area contributed by atoms with Gasteiger partial charge in [0.1, 0.15) is 6.10 Å². The van der Waals surface area contributed by atoms with Crippen LogP contribution in [0.15, 0.2) is 30.3 Å². The van der Waals surface area contributed by atoms with E-state index in [1.807, 2.05) is 44.2 Å². The average Bonchev–Trinajstić information content (AvgIpc) is 2.74. The molecule has 2 N–H and O–H groups in total. The van der Waals surface area contributed by atoms with Crippen LogP contribution in [0.1, 0.15) is 41.7 Å². The van der Waals surface area contributed by atoms with Crippen molar-refractivity contribution in [3.8, 4) is 0 Å². The zero-order chi connectivity index (χ0) is 14.7. The number of hydrogen-bond donors (Lipinski definition) is 1. The summed E-state index contributed by atoms with van der Waals surface area (Å²) in [4.78, 5) is 12.2. The van der Waals surface area contributed by atoms with Crippen LogP contribution < -0.4 is 5.73 Å². The Morgan fingerprint density at radius 2 is 2.05 bits per heavy atom. The number of nitrogens with two attached hydrogens (primary N) is 1. The summed E-state index contributed by atoms with van der Waals surface area (Å²) in [6, 6.07) is 9.58. The van der Waals surface area contributed by atoms with Gasteiger partial charge in [-0.2, -0.15) is 5.10 Å². The second kappa shape index (κ2) is 5.77. The third-order valence-corrected chi connectivity index (χ3v) is 3.24. The van der Waals surface area contributed by atoms with E-state index in [1.54, 1.807) is 7.05 Å². The van der Waals surface area contributed by atoms with E-state index in [-0.39, 0.29) is 6.10 Å². The van der Waals surface area contributed by atoms with Crippen LogP contribution in [0.3, 0.4) is 0 Å². The molecule has 0 saturated heterocycles. The molecule has 106 valence electrons. The van der Waals surface area contributed by atoms with Gasteiger partial charge >= 0.3 is 5.97 Å². The molecule has 0 spiro atoms. The Hall–Kier alpha value is -2.30. The molecule has 2 aromatic rings. The van der Waals surface area contributed by atoms with Crippen LogP contribution >= 0.6 is 0 Å². The molecule has 1 atom stereocenters. The van der Waals surface area contributed by atoms with Crippen LogP contribution in [0.4, 0.5) is 5.69 Å². The second-order valence-corrected chi connectivity index (χ2v) is 4.64. The molecule has 0 aliphatic carbocycles. The highest BCUT2D eigenvalue weighted by atomic mass is 16.5. The minimum absolute atomic E-state index is 0.310. The summed E-state index contributed by atoms with van der Waals surface area (Å²) in [6.45, 7) is 3.78. The highest BCUT2D eigenvalue weighted by molar-refractivity contribution is 5.94. The van der Waals surface area contributed by atoms with Crippen molar-refractivity contribution in [1.82, 2.24) is 9.78 Å². The fourth-order valence-electron chi connectivity index (χ4n) is 2.11. The number of nitrogen functional groups attached to an aromatic ring is 1. The van der Waals surface area contributed by atoms with Gasteiger partial charge in [-0.1, -0.05) is 37.3 Å². The molecule has 0 aliphatic rings. The van der Waals surface area contributed by atoms with Crippen molar-refractivity contribution in [2.45, 2.75) is 26.4 Å². The number of hydrogen-bond acceptors (Lipinski definition) is 4. The minimum atomic E-state index is -0.450. The van der Waals surface area contributed by atoms with Gasteiger partial charge < -0.3 is 10.5 Å². The first-order valence-corrected chi connectivity index (χ1v) is 6.61. The fraction of sp³-hybridized carbons (Fsp3) is 0.333. The molecule has 5 heteroatoms. The molecule has 0 bridgehead atoms. The molecule has 0 fully saturated rings. The molecule has 5 nitrogen and oxygen atoms in total. The summed E-state index contributed by atoms with van der Waals surface area (Å²) in [5.41, 5.74) is 8.32. The Morgan fingerprint density at radius 1 is 1.40 bits per heavy atom. The lowest BCUT2D eigenvalue weighted by atomic mass is 10.1. The predicted molar refractivity (Wildman–Crippen MR) is 77.3 cm³/mol. The zero-order valence-corrected chi connectivity index (χ0v) is 12.0. The number of carbonyl (C=O) groups excluding carboxylic acids is 1. The maximum atomic E-state index is 12.2. The molecule has 0 radical (unpaired) electrons. The van der Waals surface area contributed by atoms with Crippen LogP contribution in [0.25, 0.3) is 0 Å². The lowest BCUT2D eigenvalue weighted by Crippen LogP contribution is -2.14. The van der Waals surface area contributed by atoms with Crippen molar-refractivity contribution in [3.05, 3.63) is 47.3 Å². The normalized spacial score (nSPS) is 12.2. The Balaban J connectivity index is 2.19. The van der Waals surface area contributed by atoms with Crippen LogP contribution in [-0.4, -0.2) is 15.7 Å². The van der Waals surface area contributed by atoms with Crippen molar-refractivity contribution in [2.75, 3.05) is 5.73 Å². The van der Waals surface area contributed by atoms with Crippen molar-refractivity contribution in [2.24, 2.45) is 7.05 Å². The number of anilines is 1. The maximum Gasteiger partial charge on any atom is 0.359 e. The number of aromatic nitrogens is 2. The number of carbonyl (C=O) groups is 1. The first-order chi connectivity index (χ1) is 9.54. The third kappa shape index (κ3) is 2.66. The summed E-state index contributed by atoms with van der Waals surface area (Å²) in [5, 5.41) is 4.22. The van der Waals surface area contributed by atoms with Crippen LogP contribution in [0.5, 0.6) is 0 Å². The molecule has 2 rings (SSSR count). The van der Waals surface area contributed by atoms with Gasteiger partial charge in [-0.3, -0.25) is 4.68 Å². The summed E-state index contributed by atoms with van der Waals surface area (Å²) in [6.07, 6.45) is 0.351. The summed E-state index contributed by atoms with van der Waals surface area (Å²) < 4.78 is 6.94. The van der Waals surface area contributed by atoms with E-state index in [4.69, 9.17) is 10.5 Å². The minimum Gasteiger partial charge on any atom is -0.453 e. The van der Waals surface area contributed by atoms with Crippen LogP contribution in [0, 0.1) is 0 Å². The first-order valence-electron chi connectivity index (χ1n) is 6.61. The molecular formula is C15H19N3O2. The van der Waals surface area contributed by atoms with E-state index in [9.17, 15) is 4.79 Å². The molecule has 1 aromatic carbocycles. The van der Waals surface area contributed by atoms with Gasteiger partial charge in [-0.05, 0) is 18.9 Å². The fourth-order valence-corrected chi connectivity index (χ4v) is 2.11. The molecule has 1 aromatic heterocycles. The molecular weight excluding hydrogens is 254 g/mol. The highest BCUT2D eigenvalue weighted by Gasteiger charge is 2.22. The first kappa shape index (κ1) is 14.1. The number of benzene rings is 1. The molecule has 1 unspecified atom stereocenters. The van der Waals surface area contributed by atoms with Gasteiger partial charge in [0.05, 0.1) is 11.4 Å². The summed E-state index contributed by atoms with van der Waals surface area (Å²) >= 11 is 0. The van der Waals surface area contributed by atoms with Crippen molar-refractivity contribution >= 4 is 11.7 Å². The Morgan fingerprint density at radius 3 is 2.60 bits per heavy atom.